The van der Waals surface area contributed by atoms with Crippen molar-refractivity contribution >= 4 is 29.3 Å². The Morgan fingerprint density at radius 1 is 1.15 bits per heavy atom. The predicted octanol–water partition coefficient (Wildman–Crippen LogP) is 3.33. The van der Waals surface area contributed by atoms with E-state index in [-0.39, 0.29) is 29.8 Å². The number of carbonyl (C=O) groups excluding carboxylic acids is 2. The summed E-state index contributed by atoms with van der Waals surface area (Å²) in [6.07, 6.45) is 0.575. The van der Waals surface area contributed by atoms with Gasteiger partial charge in [-0.05, 0) is 36.6 Å². The van der Waals surface area contributed by atoms with Crippen LogP contribution >= 0.6 is 11.8 Å². The van der Waals surface area contributed by atoms with Crippen molar-refractivity contribution < 1.29 is 9.59 Å². The van der Waals surface area contributed by atoms with Crippen molar-refractivity contribution in [2.24, 2.45) is 0 Å². The first-order chi connectivity index (χ1) is 13.0. The van der Waals surface area contributed by atoms with Crippen molar-refractivity contribution in [3.05, 3.63) is 65.2 Å². The first kappa shape index (κ1) is 19.5. The molecule has 2 aromatic rings. The maximum Gasteiger partial charge on any atom is 0.225 e. The Balaban J connectivity index is 1.53. The van der Waals surface area contributed by atoms with Crippen LogP contribution in [0.3, 0.4) is 0 Å². The van der Waals surface area contributed by atoms with Crippen LogP contribution in [0.15, 0.2) is 48.5 Å². The third kappa shape index (κ3) is 5.58. The summed E-state index contributed by atoms with van der Waals surface area (Å²) in [6, 6.07) is 15.8. The van der Waals surface area contributed by atoms with Crippen LogP contribution in [0.4, 0.5) is 5.69 Å². The molecule has 5 nitrogen and oxygen atoms in total. The van der Waals surface area contributed by atoms with Crippen LogP contribution in [0.1, 0.15) is 29.5 Å². The lowest BCUT2D eigenvalue weighted by Crippen LogP contribution is -2.55. The number of rotatable bonds is 6. The van der Waals surface area contributed by atoms with Gasteiger partial charge in [-0.3, -0.25) is 14.9 Å². The van der Waals surface area contributed by atoms with Crippen molar-refractivity contribution in [3.63, 3.8) is 0 Å². The molecule has 1 aliphatic rings. The number of amides is 2. The molecule has 0 saturated carbocycles. The number of anilines is 1. The Labute approximate surface area is 164 Å². The van der Waals surface area contributed by atoms with E-state index in [1.165, 1.54) is 5.56 Å². The topological polar surface area (TPSA) is 70.2 Å². The largest absolute Gasteiger partial charge is 0.332 e. The van der Waals surface area contributed by atoms with E-state index in [1.54, 1.807) is 11.8 Å². The smallest absolute Gasteiger partial charge is 0.225 e. The number of hydrogen-bond acceptors (Lipinski definition) is 4. The third-order valence-corrected chi connectivity index (χ3v) is 5.77. The molecule has 3 N–H and O–H groups in total. The van der Waals surface area contributed by atoms with E-state index in [2.05, 4.69) is 28.1 Å². The molecule has 2 aromatic carbocycles. The Bertz CT molecular complexity index is 810. The van der Waals surface area contributed by atoms with E-state index in [0.717, 1.165) is 22.6 Å². The summed E-state index contributed by atoms with van der Waals surface area (Å²) in [5.41, 5.74) is 4.05. The highest BCUT2D eigenvalue weighted by Crippen LogP contribution is 2.21. The van der Waals surface area contributed by atoms with Gasteiger partial charge in [-0.2, -0.15) is 0 Å². The fraction of sp³-hybridized carbons (Fsp3) is 0.333. The molecule has 0 radical (unpaired) electrons. The molecule has 27 heavy (non-hydrogen) atoms. The van der Waals surface area contributed by atoms with Gasteiger partial charge in [0, 0.05) is 30.3 Å². The Hall–Kier alpha value is -2.31. The molecule has 0 bridgehead atoms. The molecule has 0 aliphatic carbocycles. The number of carbonyl (C=O) groups is 2. The summed E-state index contributed by atoms with van der Waals surface area (Å²) in [4.78, 5) is 24.5. The Morgan fingerprint density at radius 3 is 2.70 bits per heavy atom. The monoisotopic (exact) mass is 383 g/mol. The van der Waals surface area contributed by atoms with E-state index in [9.17, 15) is 9.59 Å². The molecule has 1 heterocycles. The lowest BCUT2D eigenvalue weighted by Gasteiger charge is -2.31. The minimum Gasteiger partial charge on any atom is -0.332 e. The second kappa shape index (κ2) is 9.06. The van der Waals surface area contributed by atoms with Gasteiger partial charge in [0.15, 0.2) is 0 Å². The van der Waals surface area contributed by atoms with Crippen LogP contribution in [-0.4, -0.2) is 23.4 Å². The lowest BCUT2D eigenvalue weighted by molar-refractivity contribution is -0.124. The highest BCUT2D eigenvalue weighted by atomic mass is 32.2. The van der Waals surface area contributed by atoms with Crippen LogP contribution in [0.5, 0.6) is 0 Å². The zero-order chi connectivity index (χ0) is 19.2. The second-order valence-corrected chi connectivity index (χ2v) is 7.91. The summed E-state index contributed by atoms with van der Waals surface area (Å²) >= 11 is 1.62. The van der Waals surface area contributed by atoms with Gasteiger partial charge in [-0.25, -0.2) is 0 Å². The molecule has 1 fully saturated rings. The molecule has 2 amide bonds. The van der Waals surface area contributed by atoms with Crippen LogP contribution in [0.2, 0.25) is 0 Å². The molecule has 0 aromatic heterocycles. The van der Waals surface area contributed by atoms with Gasteiger partial charge in [0.05, 0.1) is 0 Å². The van der Waals surface area contributed by atoms with E-state index >= 15 is 0 Å². The van der Waals surface area contributed by atoms with E-state index in [4.69, 9.17) is 0 Å². The van der Waals surface area contributed by atoms with Crippen molar-refractivity contribution in [3.8, 4) is 0 Å². The molecule has 6 heteroatoms. The van der Waals surface area contributed by atoms with Crippen molar-refractivity contribution in [2.75, 3.05) is 5.32 Å². The summed E-state index contributed by atoms with van der Waals surface area (Å²) < 4.78 is 0. The lowest BCUT2D eigenvalue weighted by atomic mass is 10.1. The minimum atomic E-state index is -0.190. The SMILES string of the molecule is Cc1cccc(NC(=O)CC2CC(=O)NC(SCc3ccccc3)N2)c1C. The van der Waals surface area contributed by atoms with Gasteiger partial charge in [-0.15, -0.1) is 11.8 Å². The first-order valence-corrected chi connectivity index (χ1v) is 10.1. The Kier molecular flexibility index (Phi) is 6.53. The van der Waals surface area contributed by atoms with Crippen LogP contribution in [-0.2, 0) is 15.3 Å². The average molecular weight is 384 g/mol. The summed E-state index contributed by atoms with van der Waals surface area (Å²) in [5, 5.41) is 9.27. The molecule has 142 valence electrons. The fourth-order valence-electron chi connectivity index (χ4n) is 3.03. The normalized spacial score (nSPS) is 19.4. The van der Waals surface area contributed by atoms with Crippen LogP contribution < -0.4 is 16.0 Å². The van der Waals surface area contributed by atoms with Crippen LogP contribution in [0.25, 0.3) is 0 Å². The zero-order valence-electron chi connectivity index (χ0n) is 15.6. The van der Waals surface area contributed by atoms with Gasteiger partial charge < -0.3 is 10.6 Å². The molecule has 2 atom stereocenters. The average Bonchev–Trinajstić information content (AvgIpc) is 2.64. The van der Waals surface area contributed by atoms with Gasteiger partial charge in [0.25, 0.3) is 0 Å². The first-order valence-electron chi connectivity index (χ1n) is 9.08. The number of benzene rings is 2. The molecular weight excluding hydrogens is 358 g/mol. The third-order valence-electron chi connectivity index (χ3n) is 4.68. The molecule has 2 unspecified atom stereocenters. The summed E-state index contributed by atoms with van der Waals surface area (Å²) in [7, 11) is 0. The highest BCUT2D eigenvalue weighted by Gasteiger charge is 2.27. The van der Waals surface area contributed by atoms with Crippen LogP contribution in [0, 0.1) is 13.8 Å². The number of hydrogen-bond donors (Lipinski definition) is 3. The van der Waals surface area contributed by atoms with Crippen molar-refractivity contribution in [1.29, 1.82) is 0 Å². The maximum atomic E-state index is 12.4. The van der Waals surface area contributed by atoms with Gasteiger partial charge in [-0.1, -0.05) is 42.5 Å². The predicted molar refractivity (Wildman–Crippen MR) is 110 cm³/mol. The van der Waals surface area contributed by atoms with Crippen molar-refractivity contribution in [1.82, 2.24) is 10.6 Å². The van der Waals surface area contributed by atoms with Gasteiger partial charge in [0.1, 0.15) is 5.50 Å². The standard InChI is InChI=1S/C21H25N3O2S/c1-14-7-6-10-18(15(14)2)23-19(25)11-17-12-20(26)24-21(22-17)27-13-16-8-4-3-5-9-16/h3-10,17,21-22H,11-13H2,1-2H3,(H,23,25)(H,24,26). The zero-order valence-corrected chi connectivity index (χ0v) is 16.4. The number of nitrogens with one attached hydrogen (secondary N) is 3. The number of aryl methyl sites for hydroxylation is 1. The fourth-order valence-corrected chi connectivity index (χ4v) is 4.08. The van der Waals surface area contributed by atoms with E-state index in [1.807, 2.05) is 50.2 Å². The molecule has 0 spiro atoms. The quantitative estimate of drug-likeness (QED) is 0.716. The number of thioether (sulfide) groups is 1. The van der Waals surface area contributed by atoms with Gasteiger partial charge >= 0.3 is 0 Å². The molecule has 1 aliphatic heterocycles. The molecular formula is C21H25N3O2S. The minimum absolute atomic E-state index is 0.0242. The van der Waals surface area contributed by atoms with Crippen molar-refractivity contribution in [2.45, 2.75) is 44.0 Å². The molecule has 3 rings (SSSR count). The second-order valence-electron chi connectivity index (χ2n) is 6.81. The molecule has 1 saturated heterocycles. The van der Waals surface area contributed by atoms with E-state index < -0.39 is 0 Å². The van der Waals surface area contributed by atoms with E-state index in [0.29, 0.717) is 6.42 Å². The Morgan fingerprint density at radius 2 is 1.93 bits per heavy atom. The summed E-state index contributed by atoms with van der Waals surface area (Å²) in [5.74, 6) is 0.687. The maximum absolute atomic E-state index is 12.4. The highest BCUT2D eigenvalue weighted by molar-refractivity contribution is 7.99. The summed E-state index contributed by atoms with van der Waals surface area (Å²) in [6.45, 7) is 4.01. The van der Waals surface area contributed by atoms with Gasteiger partial charge in [0.2, 0.25) is 11.8 Å².